The highest BCUT2D eigenvalue weighted by atomic mass is 35.5. The summed E-state index contributed by atoms with van der Waals surface area (Å²) in [4.78, 5) is 26.1. The summed E-state index contributed by atoms with van der Waals surface area (Å²) in [5.74, 6) is -1.46. The van der Waals surface area contributed by atoms with Crippen molar-refractivity contribution in [2.24, 2.45) is 0 Å². The highest BCUT2D eigenvalue weighted by molar-refractivity contribution is 7.22. The molecule has 0 unspecified atom stereocenters. The van der Waals surface area contributed by atoms with Crippen LogP contribution in [0, 0.1) is 10.1 Å². The van der Waals surface area contributed by atoms with Crippen molar-refractivity contribution in [1.82, 2.24) is 15.2 Å². The Morgan fingerprint density at radius 3 is 2.88 bits per heavy atom. The van der Waals surface area contributed by atoms with Gasteiger partial charge in [-0.15, -0.1) is 5.10 Å². The van der Waals surface area contributed by atoms with Gasteiger partial charge in [-0.1, -0.05) is 28.0 Å². The van der Waals surface area contributed by atoms with Gasteiger partial charge in [0.15, 0.2) is 15.8 Å². The standard InChI is InChI=1S/C12H6ClF2N5O4S/c13-7-8(18-19-9(7)20(22)23)10(21)17-12-16-5-2-1-4(24-11(14)15)3-6(5)25-12/h1-3,11H,(H,18,19)(H,16,17,21). The second-order valence-corrected chi connectivity index (χ2v) is 5.88. The summed E-state index contributed by atoms with van der Waals surface area (Å²) in [6.07, 6.45) is 0. The van der Waals surface area contributed by atoms with Crippen LogP contribution in [0.1, 0.15) is 10.5 Å². The van der Waals surface area contributed by atoms with Crippen molar-refractivity contribution in [3.8, 4) is 5.75 Å². The van der Waals surface area contributed by atoms with Gasteiger partial charge in [-0.3, -0.25) is 10.1 Å². The first kappa shape index (κ1) is 17.0. The van der Waals surface area contributed by atoms with Crippen molar-refractivity contribution in [3.05, 3.63) is 39.0 Å². The molecule has 130 valence electrons. The quantitative estimate of drug-likeness (QED) is 0.509. The van der Waals surface area contributed by atoms with Crippen molar-refractivity contribution in [2.75, 3.05) is 5.32 Å². The lowest BCUT2D eigenvalue weighted by molar-refractivity contribution is -0.389. The van der Waals surface area contributed by atoms with Gasteiger partial charge in [0.1, 0.15) is 5.75 Å². The van der Waals surface area contributed by atoms with E-state index in [0.29, 0.717) is 10.2 Å². The summed E-state index contributed by atoms with van der Waals surface area (Å²) in [6, 6.07) is 4.11. The summed E-state index contributed by atoms with van der Waals surface area (Å²) in [5, 5.41) is 18.3. The second-order valence-electron chi connectivity index (χ2n) is 4.47. The first-order valence-electron chi connectivity index (χ1n) is 6.40. The van der Waals surface area contributed by atoms with Gasteiger partial charge in [0.2, 0.25) is 0 Å². The molecule has 1 aromatic carbocycles. The number of hydrogen-bond donors (Lipinski definition) is 2. The molecular formula is C12H6ClF2N5O4S. The third-order valence-electron chi connectivity index (χ3n) is 2.89. The molecule has 0 aliphatic rings. The Labute approximate surface area is 145 Å². The summed E-state index contributed by atoms with van der Waals surface area (Å²) in [5.41, 5.74) is 0.0790. The van der Waals surface area contributed by atoms with Crippen LogP contribution in [0.2, 0.25) is 5.02 Å². The maximum atomic E-state index is 12.2. The van der Waals surface area contributed by atoms with E-state index in [2.05, 4.69) is 20.1 Å². The Kier molecular flexibility index (Phi) is 4.46. The molecule has 2 heterocycles. The Hall–Kier alpha value is -2.86. The Morgan fingerprint density at radius 1 is 1.48 bits per heavy atom. The third-order valence-corrected chi connectivity index (χ3v) is 4.18. The van der Waals surface area contributed by atoms with Gasteiger partial charge in [-0.25, -0.2) is 4.98 Å². The minimum Gasteiger partial charge on any atom is -0.435 e. The van der Waals surface area contributed by atoms with Crippen LogP contribution in [0.25, 0.3) is 10.2 Å². The molecule has 13 heteroatoms. The molecule has 0 aliphatic carbocycles. The number of carbonyl (C=O) groups excluding carboxylic acids is 1. The predicted molar refractivity (Wildman–Crippen MR) is 84.5 cm³/mol. The molecule has 2 N–H and O–H groups in total. The number of alkyl halides is 2. The number of aromatic amines is 1. The van der Waals surface area contributed by atoms with Crippen LogP contribution in [0.3, 0.4) is 0 Å². The first-order chi connectivity index (χ1) is 11.8. The van der Waals surface area contributed by atoms with Gasteiger partial charge < -0.3 is 14.9 Å². The number of benzene rings is 1. The molecule has 0 aliphatic heterocycles. The summed E-state index contributed by atoms with van der Waals surface area (Å²) < 4.78 is 29.2. The number of carbonyl (C=O) groups is 1. The van der Waals surface area contributed by atoms with Crippen molar-refractivity contribution in [1.29, 1.82) is 0 Å². The molecule has 0 atom stereocenters. The van der Waals surface area contributed by atoms with Gasteiger partial charge >= 0.3 is 12.4 Å². The van der Waals surface area contributed by atoms with E-state index in [1.54, 1.807) is 0 Å². The lowest BCUT2D eigenvalue weighted by Crippen LogP contribution is -2.12. The average Bonchev–Trinajstić information content (AvgIpc) is 3.08. The van der Waals surface area contributed by atoms with Gasteiger partial charge in [0.05, 0.1) is 10.2 Å². The topological polar surface area (TPSA) is 123 Å². The van der Waals surface area contributed by atoms with Crippen LogP contribution < -0.4 is 10.1 Å². The average molecular weight is 390 g/mol. The van der Waals surface area contributed by atoms with E-state index in [9.17, 15) is 23.7 Å². The van der Waals surface area contributed by atoms with Crippen LogP contribution in [-0.4, -0.2) is 32.6 Å². The van der Waals surface area contributed by atoms with Gasteiger partial charge in [0.25, 0.3) is 5.91 Å². The second kappa shape index (κ2) is 6.57. The highest BCUT2D eigenvalue weighted by Crippen LogP contribution is 2.31. The van der Waals surface area contributed by atoms with Gasteiger partial charge in [-0.2, -0.15) is 8.78 Å². The van der Waals surface area contributed by atoms with Crippen LogP contribution in [0.15, 0.2) is 18.2 Å². The van der Waals surface area contributed by atoms with Crippen molar-refractivity contribution < 1.29 is 23.2 Å². The van der Waals surface area contributed by atoms with E-state index < -0.39 is 28.3 Å². The van der Waals surface area contributed by atoms with E-state index in [0.717, 1.165) is 11.3 Å². The SMILES string of the molecule is O=C(Nc1nc2ccc(OC(F)F)cc2s1)c1n[nH]c([N+](=O)[O-])c1Cl. The molecule has 1 amide bonds. The minimum absolute atomic E-state index is 0.0463. The molecule has 0 bridgehead atoms. The lowest BCUT2D eigenvalue weighted by Gasteiger charge is -2.02. The first-order valence-corrected chi connectivity index (χ1v) is 7.59. The summed E-state index contributed by atoms with van der Waals surface area (Å²) >= 11 is 6.73. The normalized spacial score (nSPS) is 11.0. The largest absolute Gasteiger partial charge is 0.435 e. The van der Waals surface area contributed by atoms with Crippen LogP contribution in [-0.2, 0) is 0 Å². The number of nitrogens with zero attached hydrogens (tertiary/aromatic N) is 3. The number of anilines is 1. The van der Waals surface area contributed by atoms with Crippen molar-refractivity contribution in [3.63, 3.8) is 0 Å². The van der Waals surface area contributed by atoms with E-state index >= 15 is 0 Å². The fraction of sp³-hybridized carbons (Fsp3) is 0.0833. The Balaban J connectivity index is 1.83. The smallest absolute Gasteiger partial charge is 0.387 e. The zero-order valence-electron chi connectivity index (χ0n) is 11.8. The Morgan fingerprint density at radius 2 is 2.24 bits per heavy atom. The number of nitrogens with one attached hydrogen (secondary N) is 2. The molecule has 0 saturated heterocycles. The van der Waals surface area contributed by atoms with Crippen molar-refractivity contribution in [2.45, 2.75) is 6.61 Å². The fourth-order valence-corrected chi connectivity index (χ4v) is 3.01. The maximum absolute atomic E-state index is 12.2. The zero-order valence-corrected chi connectivity index (χ0v) is 13.4. The minimum atomic E-state index is -2.96. The molecule has 25 heavy (non-hydrogen) atoms. The molecule has 2 aromatic heterocycles. The predicted octanol–water partition coefficient (Wildman–Crippen LogP) is 3.43. The van der Waals surface area contributed by atoms with Crippen LogP contribution >= 0.6 is 22.9 Å². The Bertz CT molecular complexity index is 976. The molecular weight excluding hydrogens is 384 g/mol. The summed E-state index contributed by atoms with van der Waals surface area (Å²) in [6.45, 7) is -2.96. The van der Waals surface area contributed by atoms with Crippen LogP contribution in [0.5, 0.6) is 5.75 Å². The molecule has 9 nitrogen and oxygen atoms in total. The number of ether oxygens (including phenoxy) is 1. The number of fused-ring (bicyclic) bond motifs is 1. The number of rotatable bonds is 5. The number of halogens is 3. The van der Waals surface area contributed by atoms with Gasteiger partial charge in [-0.05, 0) is 23.1 Å². The number of thiazole rings is 1. The lowest BCUT2D eigenvalue weighted by atomic mass is 10.3. The molecule has 3 aromatic rings. The third kappa shape index (κ3) is 3.49. The molecule has 3 rings (SSSR count). The van der Waals surface area contributed by atoms with E-state index in [-0.39, 0.29) is 16.6 Å². The van der Waals surface area contributed by atoms with Crippen molar-refractivity contribution >= 4 is 50.0 Å². The van der Waals surface area contributed by atoms with E-state index in [4.69, 9.17) is 11.6 Å². The van der Waals surface area contributed by atoms with E-state index in [1.165, 1.54) is 18.2 Å². The molecule has 0 radical (unpaired) electrons. The highest BCUT2D eigenvalue weighted by Gasteiger charge is 2.25. The number of nitro groups is 1. The summed E-state index contributed by atoms with van der Waals surface area (Å²) in [7, 11) is 0. The molecule has 0 spiro atoms. The number of H-pyrrole nitrogens is 1. The van der Waals surface area contributed by atoms with Gasteiger partial charge in [0, 0.05) is 0 Å². The maximum Gasteiger partial charge on any atom is 0.387 e. The monoisotopic (exact) mass is 389 g/mol. The van der Waals surface area contributed by atoms with E-state index in [1.807, 2.05) is 5.10 Å². The molecule has 0 saturated carbocycles. The fourth-order valence-electron chi connectivity index (χ4n) is 1.88. The number of aromatic nitrogens is 3. The molecule has 0 fully saturated rings. The zero-order chi connectivity index (χ0) is 18.1. The number of amides is 1. The van der Waals surface area contributed by atoms with Crippen LogP contribution in [0.4, 0.5) is 19.7 Å². The number of hydrogen-bond acceptors (Lipinski definition) is 7.